The summed E-state index contributed by atoms with van der Waals surface area (Å²) in [5.41, 5.74) is 2.51. The molecular formula is C19H28N2O4. The Bertz CT molecular complexity index is 565. The van der Waals surface area contributed by atoms with Crippen molar-refractivity contribution in [2.45, 2.75) is 33.3 Å². The van der Waals surface area contributed by atoms with Gasteiger partial charge in [0.1, 0.15) is 6.10 Å². The van der Waals surface area contributed by atoms with Crippen molar-refractivity contribution in [3.8, 4) is 0 Å². The first-order valence-corrected chi connectivity index (χ1v) is 8.78. The summed E-state index contributed by atoms with van der Waals surface area (Å²) in [6.07, 6.45) is 0.278. The van der Waals surface area contributed by atoms with Gasteiger partial charge in [0.25, 0.3) is 0 Å². The van der Waals surface area contributed by atoms with Crippen LogP contribution in [0.3, 0.4) is 0 Å². The third kappa shape index (κ3) is 6.74. The molecule has 1 aromatic rings. The molecule has 1 aliphatic heterocycles. The minimum absolute atomic E-state index is 0.247. The highest BCUT2D eigenvalue weighted by molar-refractivity contribution is 5.66. The van der Waals surface area contributed by atoms with Gasteiger partial charge in [0.05, 0.1) is 6.61 Å². The number of esters is 2. The second kappa shape index (κ2) is 9.42. The van der Waals surface area contributed by atoms with Crippen molar-refractivity contribution in [2.75, 3.05) is 44.2 Å². The molecular weight excluding hydrogens is 320 g/mol. The Hall–Kier alpha value is -2.08. The van der Waals surface area contributed by atoms with Gasteiger partial charge in [0.2, 0.25) is 0 Å². The summed E-state index contributed by atoms with van der Waals surface area (Å²) in [4.78, 5) is 26.9. The Kier molecular flexibility index (Phi) is 7.25. The van der Waals surface area contributed by atoms with Crippen LogP contribution in [0, 0.1) is 6.92 Å². The number of ether oxygens (including phenoxy) is 2. The van der Waals surface area contributed by atoms with Crippen LogP contribution in [-0.4, -0.2) is 62.3 Å². The number of anilines is 1. The molecule has 2 rings (SSSR count). The van der Waals surface area contributed by atoms with E-state index in [4.69, 9.17) is 9.47 Å². The Balaban J connectivity index is 1.81. The summed E-state index contributed by atoms with van der Waals surface area (Å²) in [5.74, 6) is -0.612. The predicted octanol–water partition coefficient (Wildman–Crippen LogP) is 2.00. The number of carbonyl (C=O) groups is 2. The predicted molar refractivity (Wildman–Crippen MR) is 96.6 cm³/mol. The summed E-state index contributed by atoms with van der Waals surface area (Å²) >= 11 is 0. The van der Waals surface area contributed by atoms with Crippen molar-refractivity contribution in [1.29, 1.82) is 0 Å². The van der Waals surface area contributed by atoms with E-state index >= 15 is 0 Å². The molecule has 1 aliphatic rings. The molecule has 1 unspecified atom stereocenters. The summed E-state index contributed by atoms with van der Waals surface area (Å²) < 4.78 is 10.3. The Labute approximate surface area is 149 Å². The highest BCUT2D eigenvalue weighted by atomic mass is 16.6. The van der Waals surface area contributed by atoms with Gasteiger partial charge in [-0.2, -0.15) is 0 Å². The highest BCUT2D eigenvalue weighted by Crippen LogP contribution is 2.17. The highest BCUT2D eigenvalue weighted by Gasteiger charge is 2.22. The van der Waals surface area contributed by atoms with Gasteiger partial charge < -0.3 is 14.4 Å². The molecule has 6 heteroatoms. The molecule has 0 amide bonds. The molecule has 6 nitrogen and oxygen atoms in total. The van der Waals surface area contributed by atoms with E-state index in [1.54, 1.807) is 0 Å². The van der Waals surface area contributed by atoms with E-state index in [-0.39, 0.29) is 24.6 Å². The smallest absolute Gasteiger partial charge is 0.302 e. The number of benzene rings is 1. The summed E-state index contributed by atoms with van der Waals surface area (Å²) in [6, 6.07) is 8.58. The lowest BCUT2D eigenvalue weighted by Gasteiger charge is -2.37. The van der Waals surface area contributed by atoms with Crippen molar-refractivity contribution in [1.82, 2.24) is 4.90 Å². The first-order valence-electron chi connectivity index (χ1n) is 8.78. The number of nitrogens with zero attached hydrogens (tertiary/aromatic N) is 2. The van der Waals surface area contributed by atoms with Gasteiger partial charge in [0, 0.05) is 58.7 Å². The first kappa shape index (κ1) is 19.2. The minimum Gasteiger partial charge on any atom is -0.466 e. The van der Waals surface area contributed by atoms with E-state index in [2.05, 4.69) is 41.0 Å². The van der Waals surface area contributed by atoms with E-state index in [9.17, 15) is 9.59 Å². The SMILES string of the molecule is CC(=O)OCCC(CN1CCN(c2ccc(C)cc2)CC1)OC(C)=O. The zero-order valence-electron chi connectivity index (χ0n) is 15.4. The number of hydrogen-bond acceptors (Lipinski definition) is 6. The van der Waals surface area contributed by atoms with E-state index in [0.717, 1.165) is 26.2 Å². The zero-order chi connectivity index (χ0) is 18.2. The molecule has 0 radical (unpaired) electrons. The quantitative estimate of drug-likeness (QED) is 0.703. The zero-order valence-corrected chi connectivity index (χ0v) is 15.4. The fourth-order valence-electron chi connectivity index (χ4n) is 2.99. The lowest BCUT2D eigenvalue weighted by Crippen LogP contribution is -2.49. The third-order valence-electron chi connectivity index (χ3n) is 4.31. The first-order chi connectivity index (χ1) is 11.9. The van der Waals surface area contributed by atoms with E-state index in [1.807, 2.05) is 0 Å². The van der Waals surface area contributed by atoms with Crippen LogP contribution >= 0.6 is 0 Å². The molecule has 1 heterocycles. The molecule has 0 spiro atoms. The molecule has 138 valence electrons. The molecule has 0 saturated carbocycles. The summed E-state index contributed by atoms with van der Waals surface area (Å²) in [7, 11) is 0. The standard InChI is InChI=1S/C19H28N2O4/c1-15-4-6-18(7-5-15)21-11-9-20(10-12-21)14-19(25-17(3)23)8-13-24-16(2)22/h4-7,19H,8-14H2,1-3H3. The lowest BCUT2D eigenvalue weighted by molar-refractivity contribution is -0.149. The lowest BCUT2D eigenvalue weighted by atomic mass is 10.2. The number of carbonyl (C=O) groups excluding carboxylic acids is 2. The summed E-state index contributed by atoms with van der Waals surface area (Å²) in [6.45, 7) is 9.54. The average Bonchev–Trinajstić information content (AvgIpc) is 2.55. The largest absolute Gasteiger partial charge is 0.466 e. The van der Waals surface area contributed by atoms with Gasteiger partial charge in [-0.05, 0) is 19.1 Å². The fourth-order valence-corrected chi connectivity index (χ4v) is 2.99. The second-order valence-corrected chi connectivity index (χ2v) is 6.48. The second-order valence-electron chi connectivity index (χ2n) is 6.48. The van der Waals surface area contributed by atoms with E-state index in [1.165, 1.54) is 25.1 Å². The number of piperazine rings is 1. The monoisotopic (exact) mass is 348 g/mol. The molecule has 25 heavy (non-hydrogen) atoms. The van der Waals surface area contributed by atoms with Crippen LogP contribution in [0.25, 0.3) is 0 Å². The number of rotatable bonds is 7. The molecule has 1 saturated heterocycles. The van der Waals surface area contributed by atoms with Gasteiger partial charge in [-0.1, -0.05) is 17.7 Å². The van der Waals surface area contributed by atoms with Crippen molar-refractivity contribution < 1.29 is 19.1 Å². The normalized spacial score (nSPS) is 16.4. The van der Waals surface area contributed by atoms with Gasteiger partial charge in [-0.15, -0.1) is 0 Å². The van der Waals surface area contributed by atoms with Crippen LogP contribution in [0.15, 0.2) is 24.3 Å². The molecule has 1 atom stereocenters. The number of hydrogen-bond donors (Lipinski definition) is 0. The van der Waals surface area contributed by atoms with Crippen LogP contribution in [0.4, 0.5) is 5.69 Å². The van der Waals surface area contributed by atoms with Crippen molar-refractivity contribution in [3.63, 3.8) is 0 Å². The van der Waals surface area contributed by atoms with Gasteiger partial charge in [0.15, 0.2) is 0 Å². The Morgan fingerprint density at radius 2 is 1.68 bits per heavy atom. The van der Waals surface area contributed by atoms with E-state index < -0.39 is 0 Å². The van der Waals surface area contributed by atoms with Gasteiger partial charge >= 0.3 is 11.9 Å². The average molecular weight is 348 g/mol. The minimum atomic E-state index is -0.312. The molecule has 0 bridgehead atoms. The van der Waals surface area contributed by atoms with Crippen molar-refractivity contribution >= 4 is 17.6 Å². The molecule has 0 aromatic heterocycles. The van der Waals surface area contributed by atoms with Gasteiger partial charge in [-0.25, -0.2) is 0 Å². The summed E-state index contributed by atoms with van der Waals surface area (Å²) in [5, 5.41) is 0. The third-order valence-corrected chi connectivity index (χ3v) is 4.31. The van der Waals surface area contributed by atoms with Gasteiger partial charge in [-0.3, -0.25) is 14.5 Å². The Morgan fingerprint density at radius 3 is 2.24 bits per heavy atom. The van der Waals surface area contributed by atoms with Crippen molar-refractivity contribution in [3.05, 3.63) is 29.8 Å². The van der Waals surface area contributed by atoms with E-state index in [0.29, 0.717) is 13.0 Å². The molecule has 1 fully saturated rings. The van der Waals surface area contributed by atoms with Crippen LogP contribution in [-0.2, 0) is 19.1 Å². The maximum Gasteiger partial charge on any atom is 0.302 e. The fraction of sp³-hybridized carbons (Fsp3) is 0.579. The molecule has 0 aliphatic carbocycles. The van der Waals surface area contributed by atoms with Crippen LogP contribution in [0.2, 0.25) is 0 Å². The number of aryl methyl sites for hydroxylation is 1. The Morgan fingerprint density at radius 1 is 1.04 bits per heavy atom. The maximum absolute atomic E-state index is 11.3. The molecule has 0 N–H and O–H groups in total. The maximum atomic E-state index is 11.3. The van der Waals surface area contributed by atoms with Crippen LogP contribution < -0.4 is 4.90 Å². The van der Waals surface area contributed by atoms with Crippen LogP contribution in [0.5, 0.6) is 0 Å². The van der Waals surface area contributed by atoms with Crippen molar-refractivity contribution in [2.24, 2.45) is 0 Å². The van der Waals surface area contributed by atoms with Crippen LogP contribution in [0.1, 0.15) is 25.8 Å². The molecule has 1 aromatic carbocycles. The topological polar surface area (TPSA) is 59.1 Å².